The molecule has 0 aromatic carbocycles. The third-order valence-corrected chi connectivity index (χ3v) is 6.47. The van der Waals surface area contributed by atoms with Crippen LogP contribution in [0.3, 0.4) is 0 Å². The molecule has 0 saturated heterocycles. The van der Waals surface area contributed by atoms with Gasteiger partial charge in [0.15, 0.2) is 0 Å². The number of carbonyl (C=O) groups is 2. The molecular formula is C26H36O6. The van der Waals surface area contributed by atoms with E-state index < -0.39 is 35.0 Å². The van der Waals surface area contributed by atoms with E-state index in [0.717, 1.165) is 22.3 Å². The van der Waals surface area contributed by atoms with E-state index in [0.29, 0.717) is 38.5 Å². The summed E-state index contributed by atoms with van der Waals surface area (Å²) >= 11 is 0. The standard InChI is InChI=1S/C26H36O6/c1-25(2,23(29)30)15-5-7-17-9-11-19(21(17)27)13-14-20-12-10-18(22(20)28)8-6-16-26(3,4)24(31)32/h9-14,21-22,27-28H,5-8,15-16H2,1-4H3,(H,29,30)(H,31,32)/b14-13-. The normalized spacial score (nSPS) is 21.4. The van der Waals surface area contributed by atoms with Crippen molar-refractivity contribution in [2.24, 2.45) is 10.8 Å². The van der Waals surface area contributed by atoms with Crippen LogP contribution in [0.5, 0.6) is 0 Å². The summed E-state index contributed by atoms with van der Waals surface area (Å²) in [5.41, 5.74) is 1.65. The molecule has 0 amide bonds. The molecular weight excluding hydrogens is 408 g/mol. The Morgan fingerprint density at radius 2 is 1.09 bits per heavy atom. The molecule has 176 valence electrons. The van der Waals surface area contributed by atoms with Crippen LogP contribution in [0.25, 0.3) is 0 Å². The van der Waals surface area contributed by atoms with Crippen molar-refractivity contribution in [3.8, 4) is 0 Å². The van der Waals surface area contributed by atoms with Crippen LogP contribution in [0, 0.1) is 10.8 Å². The number of aliphatic hydroxyl groups excluding tert-OH is 2. The largest absolute Gasteiger partial charge is 0.481 e. The third kappa shape index (κ3) is 6.53. The molecule has 0 heterocycles. The summed E-state index contributed by atoms with van der Waals surface area (Å²) in [6.45, 7) is 6.82. The highest BCUT2D eigenvalue weighted by molar-refractivity contribution is 5.73. The van der Waals surface area contributed by atoms with Gasteiger partial charge in [0.2, 0.25) is 0 Å². The van der Waals surface area contributed by atoms with Gasteiger partial charge in [-0.15, -0.1) is 0 Å². The Morgan fingerprint density at radius 3 is 1.41 bits per heavy atom. The molecule has 0 radical (unpaired) electrons. The first-order valence-corrected chi connectivity index (χ1v) is 11.2. The fourth-order valence-corrected chi connectivity index (χ4v) is 3.81. The molecule has 2 aliphatic rings. The van der Waals surface area contributed by atoms with E-state index in [1.165, 1.54) is 0 Å². The van der Waals surface area contributed by atoms with Crippen molar-refractivity contribution < 1.29 is 30.0 Å². The van der Waals surface area contributed by atoms with Gasteiger partial charge < -0.3 is 20.4 Å². The first-order chi connectivity index (χ1) is 14.8. The van der Waals surface area contributed by atoms with Gasteiger partial charge in [0.05, 0.1) is 10.8 Å². The van der Waals surface area contributed by atoms with Gasteiger partial charge in [0.1, 0.15) is 12.2 Å². The van der Waals surface area contributed by atoms with Crippen molar-refractivity contribution in [1.29, 1.82) is 0 Å². The second-order valence-electron chi connectivity index (χ2n) is 10.0. The Labute approximate surface area is 190 Å². The van der Waals surface area contributed by atoms with Gasteiger partial charge in [0.25, 0.3) is 0 Å². The van der Waals surface area contributed by atoms with Gasteiger partial charge >= 0.3 is 11.9 Å². The van der Waals surface area contributed by atoms with Gasteiger partial charge in [-0.05, 0) is 88.5 Å². The number of carboxylic acid groups (broad SMARTS) is 2. The van der Waals surface area contributed by atoms with Crippen LogP contribution in [-0.2, 0) is 9.59 Å². The van der Waals surface area contributed by atoms with Gasteiger partial charge in [-0.3, -0.25) is 9.59 Å². The van der Waals surface area contributed by atoms with E-state index in [9.17, 15) is 30.0 Å². The summed E-state index contributed by atoms with van der Waals surface area (Å²) in [6, 6.07) is 0. The first-order valence-electron chi connectivity index (χ1n) is 11.2. The van der Waals surface area contributed by atoms with Crippen molar-refractivity contribution in [3.63, 3.8) is 0 Å². The lowest BCUT2D eigenvalue weighted by Crippen LogP contribution is -2.23. The van der Waals surface area contributed by atoms with Gasteiger partial charge in [-0.25, -0.2) is 0 Å². The van der Waals surface area contributed by atoms with Crippen molar-refractivity contribution in [1.82, 2.24) is 0 Å². The zero-order valence-corrected chi connectivity index (χ0v) is 19.5. The lowest BCUT2D eigenvalue weighted by molar-refractivity contribution is -0.148. The fourth-order valence-electron chi connectivity index (χ4n) is 3.81. The van der Waals surface area contributed by atoms with Crippen LogP contribution in [-0.4, -0.2) is 44.6 Å². The summed E-state index contributed by atoms with van der Waals surface area (Å²) in [4.78, 5) is 22.4. The minimum Gasteiger partial charge on any atom is -0.481 e. The Kier molecular flexibility index (Phi) is 8.43. The monoisotopic (exact) mass is 444 g/mol. The second kappa shape index (κ2) is 10.5. The maximum atomic E-state index is 11.2. The van der Waals surface area contributed by atoms with E-state index in [1.807, 2.05) is 24.3 Å². The quantitative estimate of drug-likeness (QED) is 0.351. The zero-order chi connectivity index (χ0) is 24.1. The number of carboxylic acids is 2. The summed E-state index contributed by atoms with van der Waals surface area (Å²) in [6.07, 6.45) is 13.3. The predicted octanol–water partition coefficient (Wildman–Crippen LogP) is 4.56. The summed E-state index contributed by atoms with van der Waals surface area (Å²) in [5.74, 6) is -1.63. The Hall–Kier alpha value is -2.44. The highest BCUT2D eigenvalue weighted by atomic mass is 16.4. The van der Waals surface area contributed by atoms with Crippen LogP contribution in [0.1, 0.15) is 66.2 Å². The van der Waals surface area contributed by atoms with Gasteiger partial charge in [-0.2, -0.15) is 0 Å². The van der Waals surface area contributed by atoms with Crippen LogP contribution >= 0.6 is 0 Å². The Bertz CT molecular complexity index is 810. The van der Waals surface area contributed by atoms with Crippen LogP contribution < -0.4 is 0 Å². The Morgan fingerprint density at radius 1 is 0.750 bits per heavy atom. The van der Waals surface area contributed by atoms with Crippen molar-refractivity contribution in [2.45, 2.75) is 78.4 Å². The van der Waals surface area contributed by atoms with Crippen LogP contribution in [0.2, 0.25) is 0 Å². The molecule has 2 aliphatic carbocycles. The van der Waals surface area contributed by atoms with E-state index in [2.05, 4.69) is 0 Å². The molecule has 0 aliphatic heterocycles. The highest BCUT2D eigenvalue weighted by Crippen LogP contribution is 2.32. The average molecular weight is 445 g/mol. The van der Waals surface area contributed by atoms with Gasteiger partial charge in [0, 0.05) is 0 Å². The molecule has 0 bridgehead atoms. The van der Waals surface area contributed by atoms with Crippen LogP contribution in [0.4, 0.5) is 0 Å². The molecule has 0 aromatic rings. The average Bonchev–Trinajstić information content (AvgIpc) is 3.22. The van der Waals surface area contributed by atoms with E-state index >= 15 is 0 Å². The summed E-state index contributed by atoms with van der Waals surface area (Å²) in [7, 11) is 0. The molecule has 6 heteroatoms. The lowest BCUT2D eigenvalue weighted by Gasteiger charge is -2.20. The topological polar surface area (TPSA) is 115 Å². The Balaban J connectivity index is 1.80. The van der Waals surface area contributed by atoms with Crippen molar-refractivity contribution in [3.05, 3.63) is 58.7 Å². The molecule has 6 nitrogen and oxygen atoms in total. The fraction of sp³-hybridized carbons (Fsp3) is 0.538. The molecule has 0 aromatic heterocycles. The lowest BCUT2D eigenvalue weighted by atomic mass is 9.86. The first kappa shape index (κ1) is 25.8. The number of allylic oxidation sites excluding steroid dienone is 4. The highest BCUT2D eigenvalue weighted by Gasteiger charge is 2.28. The zero-order valence-electron chi connectivity index (χ0n) is 19.5. The van der Waals surface area contributed by atoms with Crippen molar-refractivity contribution >= 4 is 11.9 Å². The molecule has 4 N–H and O–H groups in total. The van der Waals surface area contributed by atoms with E-state index in [1.54, 1.807) is 39.8 Å². The number of aliphatic hydroxyl groups is 2. The minimum absolute atomic E-state index is 0.536. The maximum Gasteiger partial charge on any atom is 0.309 e. The molecule has 0 spiro atoms. The van der Waals surface area contributed by atoms with Crippen molar-refractivity contribution in [2.75, 3.05) is 0 Å². The maximum absolute atomic E-state index is 11.2. The second-order valence-corrected chi connectivity index (χ2v) is 10.0. The van der Waals surface area contributed by atoms with E-state index in [4.69, 9.17) is 0 Å². The van der Waals surface area contributed by atoms with Crippen LogP contribution in [0.15, 0.2) is 58.7 Å². The summed E-state index contributed by atoms with van der Waals surface area (Å²) < 4.78 is 0. The van der Waals surface area contributed by atoms with Gasteiger partial charge in [-0.1, -0.05) is 36.5 Å². The molecule has 2 unspecified atom stereocenters. The molecule has 0 fully saturated rings. The molecule has 0 saturated carbocycles. The molecule has 32 heavy (non-hydrogen) atoms. The summed E-state index contributed by atoms with van der Waals surface area (Å²) in [5, 5.41) is 39.6. The number of rotatable bonds is 12. The smallest absolute Gasteiger partial charge is 0.309 e. The number of hydrogen-bond acceptors (Lipinski definition) is 4. The SMILES string of the molecule is CC(C)(CCCC1=CC=C(/C=C\C2=CC=C(CCCC(C)(C)C(=O)O)C2O)C1O)C(=O)O. The number of hydrogen-bond donors (Lipinski definition) is 4. The molecule has 2 atom stereocenters. The molecule has 2 rings (SSSR count). The predicted molar refractivity (Wildman–Crippen MR) is 124 cm³/mol. The minimum atomic E-state index is -0.817. The third-order valence-electron chi connectivity index (χ3n) is 6.47. The number of aliphatic carboxylic acids is 2. The van der Waals surface area contributed by atoms with E-state index in [-0.39, 0.29) is 0 Å².